The second-order valence-corrected chi connectivity index (χ2v) is 19.8. The summed E-state index contributed by atoms with van der Waals surface area (Å²) in [6, 6.07) is 0. The molecule has 0 radical (unpaired) electrons. The molecule has 0 aliphatic carbocycles. The Bertz CT molecular complexity index is 602. The van der Waals surface area contributed by atoms with E-state index in [-0.39, 0.29) is 14.8 Å². The maximum Gasteiger partial charge on any atom is 0.0806 e. The average molecular weight is 389 g/mol. The number of hydrogen-bond acceptors (Lipinski definition) is 5. The van der Waals surface area contributed by atoms with Gasteiger partial charge >= 0.3 is 0 Å². The van der Waals surface area contributed by atoms with Crippen molar-refractivity contribution in [2.75, 3.05) is 0 Å². The third-order valence-corrected chi connectivity index (χ3v) is 11.8. The van der Waals surface area contributed by atoms with Gasteiger partial charge in [-0.3, -0.25) is 0 Å². The Morgan fingerprint density at radius 1 is 0.773 bits per heavy atom. The quantitative estimate of drug-likeness (QED) is 0.664. The van der Waals surface area contributed by atoms with E-state index in [1.54, 1.807) is 5.19 Å². The number of hydrogen-bond donors (Lipinski definition) is 1. The molecule has 1 aromatic rings. The van der Waals surface area contributed by atoms with E-state index in [9.17, 15) is 5.11 Å². The molecule has 0 amide bonds. The van der Waals surface area contributed by atoms with E-state index >= 15 is 0 Å². The van der Waals surface area contributed by atoms with Crippen LogP contribution in [0.1, 0.15) is 33.3 Å². The monoisotopic (exact) mass is 388 g/mol. The zero-order valence-electron chi connectivity index (χ0n) is 14.3. The summed E-state index contributed by atoms with van der Waals surface area (Å²) < 4.78 is 0.335. The summed E-state index contributed by atoms with van der Waals surface area (Å²) in [6.45, 7) is 16.7. The van der Waals surface area contributed by atoms with Gasteiger partial charge < -0.3 is 5.11 Å². The van der Waals surface area contributed by atoms with E-state index < -0.39 is 8.07 Å². The number of aliphatic hydroxyl groups is 1. The summed E-state index contributed by atoms with van der Waals surface area (Å²) >= 11 is 7.90. The van der Waals surface area contributed by atoms with Crippen molar-refractivity contribution in [2.24, 2.45) is 0 Å². The van der Waals surface area contributed by atoms with Gasteiger partial charge in [0.1, 0.15) is 0 Å². The Kier molecular flexibility index (Phi) is 4.32. The smallest absolute Gasteiger partial charge is 0.0806 e. The van der Waals surface area contributed by atoms with Crippen LogP contribution >= 0.6 is 47.0 Å². The molecule has 0 unspecified atom stereocenters. The Balaban J connectivity index is 2.33. The van der Waals surface area contributed by atoms with Crippen LogP contribution in [0.25, 0.3) is 0 Å². The fraction of sp³-hybridized carbons (Fsp3) is 0.625. The summed E-state index contributed by atoms with van der Waals surface area (Å²) in [5.41, 5.74) is 1.18. The molecule has 0 saturated heterocycles. The molecule has 122 valence electrons. The molecule has 1 nitrogen and oxygen atoms in total. The van der Waals surface area contributed by atoms with E-state index in [2.05, 4.69) is 47.3 Å². The molecule has 0 bridgehead atoms. The summed E-state index contributed by atoms with van der Waals surface area (Å²) in [5.74, 6) is 0. The fourth-order valence-electron chi connectivity index (χ4n) is 2.97. The molecule has 0 fully saturated rings. The summed E-state index contributed by atoms with van der Waals surface area (Å²) in [5, 5.41) is 11.7. The molecule has 0 saturated carbocycles. The predicted molar refractivity (Wildman–Crippen MR) is 107 cm³/mol. The Labute approximate surface area is 152 Å². The first kappa shape index (κ1) is 17.6. The molecule has 3 rings (SSSR count). The zero-order valence-corrected chi connectivity index (χ0v) is 18.6. The molecule has 1 N–H and O–H groups in total. The maximum absolute atomic E-state index is 10.1. The van der Waals surface area contributed by atoms with Gasteiger partial charge in [-0.2, -0.15) is 0 Å². The van der Waals surface area contributed by atoms with Crippen molar-refractivity contribution in [3.05, 3.63) is 5.56 Å². The van der Waals surface area contributed by atoms with Crippen molar-refractivity contribution in [1.29, 1.82) is 0 Å². The first-order chi connectivity index (χ1) is 9.95. The number of fused-ring (bicyclic) bond motifs is 2. The largest absolute Gasteiger partial charge is 0.392 e. The van der Waals surface area contributed by atoms with Crippen LogP contribution in [-0.2, 0) is 6.61 Å². The van der Waals surface area contributed by atoms with Crippen LogP contribution in [0.15, 0.2) is 19.6 Å². The molecule has 0 aromatic heterocycles. The molecule has 2 heterocycles. The SMILES string of the molecule is CC1(C)Sc2c(CO)c3c(c([Si](C)(C)C)c2S1)SC(C)(C)S3. The Morgan fingerprint density at radius 3 is 1.45 bits per heavy atom. The number of benzene rings is 1. The predicted octanol–water partition coefficient (Wildman–Crippen LogP) is 5.59. The second kappa shape index (κ2) is 5.40. The van der Waals surface area contributed by atoms with Crippen LogP contribution < -0.4 is 5.19 Å². The van der Waals surface area contributed by atoms with Gasteiger partial charge in [-0.1, -0.05) is 19.6 Å². The highest BCUT2D eigenvalue weighted by molar-refractivity contribution is 8.22. The van der Waals surface area contributed by atoms with Gasteiger partial charge in [0.05, 0.1) is 22.8 Å². The summed E-state index contributed by atoms with van der Waals surface area (Å²) in [6.07, 6.45) is 0. The molecule has 22 heavy (non-hydrogen) atoms. The lowest BCUT2D eigenvalue weighted by molar-refractivity contribution is 0.274. The molecule has 0 atom stereocenters. The van der Waals surface area contributed by atoms with Crippen molar-refractivity contribution < 1.29 is 5.11 Å². The van der Waals surface area contributed by atoms with Crippen LogP contribution in [-0.4, -0.2) is 21.3 Å². The van der Waals surface area contributed by atoms with Gasteiger partial charge in [0.25, 0.3) is 0 Å². The van der Waals surface area contributed by atoms with E-state index in [1.807, 2.05) is 47.0 Å². The standard InChI is InChI=1S/C16H24OS4Si/c1-15(2)18-10-9(8-17)11-13(21-16(3,4)19-11)14(12(10)20-15)22(5,6)7/h17H,8H2,1-7H3. The zero-order chi connectivity index (χ0) is 16.5. The van der Waals surface area contributed by atoms with E-state index in [0.717, 1.165) is 0 Å². The average Bonchev–Trinajstić information content (AvgIpc) is 2.77. The van der Waals surface area contributed by atoms with Crippen molar-refractivity contribution >= 4 is 60.3 Å². The van der Waals surface area contributed by atoms with Gasteiger partial charge in [0, 0.05) is 25.1 Å². The van der Waals surface area contributed by atoms with Crippen molar-refractivity contribution in [3.8, 4) is 0 Å². The molecular weight excluding hydrogens is 365 g/mol. The van der Waals surface area contributed by atoms with Crippen molar-refractivity contribution in [2.45, 2.75) is 81.7 Å². The molecule has 2 aliphatic heterocycles. The van der Waals surface area contributed by atoms with Crippen LogP contribution in [0.5, 0.6) is 0 Å². The van der Waals surface area contributed by atoms with Crippen molar-refractivity contribution in [3.63, 3.8) is 0 Å². The Morgan fingerprint density at radius 2 is 1.14 bits per heavy atom. The van der Waals surface area contributed by atoms with Crippen LogP contribution in [0, 0.1) is 0 Å². The van der Waals surface area contributed by atoms with E-state index in [0.29, 0.717) is 0 Å². The first-order valence-electron chi connectivity index (χ1n) is 7.55. The van der Waals surface area contributed by atoms with Crippen molar-refractivity contribution in [1.82, 2.24) is 0 Å². The molecule has 6 heteroatoms. The third-order valence-electron chi connectivity index (χ3n) is 3.71. The summed E-state index contributed by atoms with van der Waals surface area (Å²) in [7, 11) is -1.46. The van der Waals surface area contributed by atoms with Gasteiger partial charge in [0.15, 0.2) is 0 Å². The van der Waals surface area contributed by atoms with Gasteiger partial charge in [0.2, 0.25) is 0 Å². The van der Waals surface area contributed by atoms with Crippen LogP contribution in [0.4, 0.5) is 0 Å². The lowest BCUT2D eigenvalue weighted by atomic mass is 10.2. The molecule has 0 spiro atoms. The van der Waals surface area contributed by atoms with E-state index in [4.69, 9.17) is 0 Å². The van der Waals surface area contributed by atoms with Crippen LogP contribution in [0.3, 0.4) is 0 Å². The molecule has 2 aliphatic rings. The fourth-order valence-corrected chi connectivity index (χ4v) is 12.6. The maximum atomic E-state index is 10.1. The second-order valence-electron chi connectivity index (χ2n) is 7.79. The number of thioether (sulfide) groups is 4. The number of rotatable bonds is 2. The minimum absolute atomic E-state index is 0.157. The highest BCUT2D eigenvalue weighted by Gasteiger charge is 2.44. The highest BCUT2D eigenvalue weighted by Crippen LogP contribution is 2.63. The topological polar surface area (TPSA) is 20.2 Å². The lowest BCUT2D eigenvalue weighted by Gasteiger charge is -2.25. The minimum Gasteiger partial charge on any atom is -0.392 e. The Hall–Kier alpha value is 0.797. The lowest BCUT2D eigenvalue weighted by Crippen LogP contribution is -2.41. The third kappa shape index (κ3) is 2.92. The van der Waals surface area contributed by atoms with Gasteiger partial charge in [-0.05, 0) is 32.9 Å². The summed E-state index contributed by atoms with van der Waals surface area (Å²) in [4.78, 5) is 5.67. The minimum atomic E-state index is -1.46. The molecule has 1 aromatic carbocycles. The molecular formula is C16H24OS4Si. The normalized spacial score (nSPS) is 21.8. The van der Waals surface area contributed by atoms with Crippen LogP contribution in [0.2, 0.25) is 19.6 Å². The van der Waals surface area contributed by atoms with Gasteiger partial charge in [-0.25, -0.2) is 0 Å². The number of aliphatic hydroxyl groups excluding tert-OH is 1. The highest BCUT2D eigenvalue weighted by atomic mass is 32.2. The first-order valence-corrected chi connectivity index (χ1v) is 14.3. The van der Waals surface area contributed by atoms with E-state index in [1.165, 1.54) is 25.1 Å². The van der Waals surface area contributed by atoms with Gasteiger partial charge in [-0.15, -0.1) is 47.0 Å².